The van der Waals surface area contributed by atoms with Crippen LogP contribution in [0, 0.1) is 6.92 Å². The monoisotopic (exact) mass is 461 g/mol. The first-order valence-corrected chi connectivity index (χ1v) is 11.7. The number of esters is 1. The van der Waals surface area contributed by atoms with Crippen molar-refractivity contribution >= 4 is 29.1 Å². The normalized spacial score (nSPS) is 15.8. The lowest BCUT2D eigenvalue weighted by atomic mass is 9.95. The van der Waals surface area contributed by atoms with Gasteiger partial charge in [-0.2, -0.15) is 0 Å². The molecule has 2 heterocycles. The first kappa shape index (κ1) is 22.7. The molecule has 6 nitrogen and oxygen atoms in total. The summed E-state index contributed by atoms with van der Waals surface area (Å²) in [4.78, 5) is 33.8. The molecule has 0 radical (unpaired) electrons. The van der Waals surface area contributed by atoms with Crippen LogP contribution in [0.15, 0.2) is 69.6 Å². The van der Waals surface area contributed by atoms with E-state index < -0.39 is 12.0 Å². The minimum absolute atomic E-state index is 0.170. The Morgan fingerprint density at radius 1 is 1.18 bits per heavy atom. The molecule has 1 aliphatic rings. The van der Waals surface area contributed by atoms with Gasteiger partial charge in [-0.15, -0.1) is 0 Å². The van der Waals surface area contributed by atoms with Gasteiger partial charge in [0, 0.05) is 19.8 Å². The van der Waals surface area contributed by atoms with Crippen LogP contribution in [0.5, 0.6) is 0 Å². The summed E-state index contributed by atoms with van der Waals surface area (Å²) in [5, 5.41) is 0. The van der Waals surface area contributed by atoms with Gasteiger partial charge < -0.3 is 9.64 Å². The van der Waals surface area contributed by atoms with E-state index in [1.165, 1.54) is 11.3 Å². The molecule has 1 aliphatic heterocycles. The van der Waals surface area contributed by atoms with Crippen LogP contribution >= 0.6 is 11.3 Å². The quantitative estimate of drug-likeness (QED) is 0.548. The van der Waals surface area contributed by atoms with Crippen molar-refractivity contribution in [3.63, 3.8) is 0 Å². The highest BCUT2D eigenvalue weighted by Gasteiger charge is 2.33. The third kappa shape index (κ3) is 4.41. The molecule has 1 atom stereocenters. The van der Waals surface area contributed by atoms with E-state index in [0.717, 1.165) is 22.4 Å². The summed E-state index contributed by atoms with van der Waals surface area (Å²) in [7, 11) is 3.94. The average molecular weight is 462 g/mol. The van der Waals surface area contributed by atoms with Gasteiger partial charge in [0.2, 0.25) is 0 Å². The zero-order valence-corrected chi connectivity index (χ0v) is 20.3. The van der Waals surface area contributed by atoms with E-state index >= 15 is 0 Å². The Hall–Kier alpha value is -3.45. The summed E-state index contributed by atoms with van der Waals surface area (Å²) >= 11 is 1.33. The maximum absolute atomic E-state index is 13.6. The van der Waals surface area contributed by atoms with Gasteiger partial charge in [-0.1, -0.05) is 53.3 Å². The lowest BCUT2D eigenvalue weighted by Crippen LogP contribution is -2.39. The molecular formula is C26H27N3O3S. The number of fused-ring (bicyclic) bond motifs is 1. The van der Waals surface area contributed by atoms with Crippen LogP contribution < -0.4 is 19.8 Å². The first-order chi connectivity index (χ1) is 15.8. The van der Waals surface area contributed by atoms with Crippen LogP contribution in [0.3, 0.4) is 0 Å². The molecule has 0 saturated heterocycles. The van der Waals surface area contributed by atoms with Crippen LogP contribution in [-0.4, -0.2) is 31.2 Å². The number of carbonyl (C=O) groups excluding carboxylic acids is 1. The van der Waals surface area contributed by atoms with E-state index in [0.29, 0.717) is 20.6 Å². The van der Waals surface area contributed by atoms with Crippen molar-refractivity contribution in [3.05, 3.63) is 96.2 Å². The second kappa shape index (κ2) is 9.19. The largest absolute Gasteiger partial charge is 0.463 e. The molecule has 1 aromatic heterocycles. The number of carbonyl (C=O) groups is 1. The molecule has 0 amide bonds. The lowest BCUT2D eigenvalue weighted by Gasteiger charge is -2.25. The Kier molecular flexibility index (Phi) is 6.33. The van der Waals surface area contributed by atoms with Crippen molar-refractivity contribution in [2.75, 3.05) is 25.6 Å². The number of hydrogen-bond donors (Lipinski definition) is 0. The standard InChI is InChI=1S/C26H27N3O3S/c1-6-32-25(31)22-17(3)27-26-29(23(22)19-10-12-20(13-11-19)28(4)5)24(30)21(33-26)15-18-9-7-8-16(2)14-18/h7-15,23H,6H2,1-5H3/b21-15-/t23-/m0/s1. The fourth-order valence-corrected chi connectivity index (χ4v) is 5.02. The number of aromatic nitrogens is 1. The number of nitrogens with zero attached hydrogens (tertiary/aromatic N) is 3. The second-order valence-electron chi connectivity index (χ2n) is 8.20. The lowest BCUT2D eigenvalue weighted by molar-refractivity contribution is -0.139. The summed E-state index contributed by atoms with van der Waals surface area (Å²) in [6.07, 6.45) is 1.88. The Morgan fingerprint density at radius 3 is 2.55 bits per heavy atom. The Bertz CT molecular complexity index is 1410. The molecule has 33 heavy (non-hydrogen) atoms. The molecule has 0 bridgehead atoms. The van der Waals surface area contributed by atoms with Gasteiger partial charge in [0.1, 0.15) is 0 Å². The van der Waals surface area contributed by atoms with E-state index in [-0.39, 0.29) is 12.2 Å². The van der Waals surface area contributed by atoms with Gasteiger partial charge in [-0.05, 0) is 50.1 Å². The maximum Gasteiger partial charge on any atom is 0.338 e. The number of rotatable bonds is 5. The Balaban J connectivity index is 1.94. The minimum atomic E-state index is -0.601. The molecule has 0 unspecified atom stereocenters. The van der Waals surface area contributed by atoms with Gasteiger partial charge in [-0.3, -0.25) is 9.36 Å². The summed E-state index contributed by atoms with van der Waals surface area (Å²) < 4.78 is 7.55. The highest BCUT2D eigenvalue weighted by Crippen LogP contribution is 2.31. The van der Waals surface area contributed by atoms with Crippen molar-refractivity contribution in [1.82, 2.24) is 4.57 Å². The van der Waals surface area contributed by atoms with E-state index in [1.54, 1.807) is 18.4 Å². The van der Waals surface area contributed by atoms with E-state index in [4.69, 9.17) is 4.74 Å². The van der Waals surface area contributed by atoms with Crippen LogP contribution in [-0.2, 0) is 9.53 Å². The van der Waals surface area contributed by atoms with Crippen LogP contribution in [0.1, 0.15) is 36.6 Å². The third-order valence-electron chi connectivity index (χ3n) is 5.58. The summed E-state index contributed by atoms with van der Waals surface area (Å²) in [6.45, 7) is 5.84. The van der Waals surface area contributed by atoms with Gasteiger partial charge in [0.05, 0.1) is 28.5 Å². The van der Waals surface area contributed by atoms with E-state index in [1.807, 2.05) is 80.5 Å². The molecule has 2 aromatic carbocycles. The topological polar surface area (TPSA) is 63.9 Å². The Morgan fingerprint density at radius 2 is 1.91 bits per heavy atom. The number of hydrogen-bond acceptors (Lipinski definition) is 6. The Labute approximate surface area is 196 Å². The second-order valence-corrected chi connectivity index (χ2v) is 9.21. The maximum atomic E-state index is 13.6. The molecule has 0 spiro atoms. The van der Waals surface area contributed by atoms with Crippen LogP contribution in [0.2, 0.25) is 0 Å². The predicted molar refractivity (Wildman–Crippen MR) is 132 cm³/mol. The number of benzene rings is 2. The van der Waals surface area contributed by atoms with Gasteiger partial charge in [0.25, 0.3) is 5.56 Å². The number of allylic oxidation sites excluding steroid dienone is 1. The molecule has 170 valence electrons. The first-order valence-electron chi connectivity index (χ1n) is 10.8. The number of ether oxygens (including phenoxy) is 1. The SMILES string of the molecule is CCOC(=O)C1=C(C)N=c2s/c(=C\c3cccc(C)c3)c(=O)n2[C@H]1c1ccc(N(C)C)cc1. The van der Waals surface area contributed by atoms with Crippen LogP contribution in [0.25, 0.3) is 6.08 Å². The highest BCUT2D eigenvalue weighted by atomic mass is 32.1. The number of thiazole rings is 1. The molecule has 0 aliphatic carbocycles. The molecule has 0 N–H and O–H groups in total. The fraction of sp³-hybridized carbons (Fsp3) is 0.269. The zero-order chi connectivity index (χ0) is 23.7. The average Bonchev–Trinajstić information content (AvgIpc) is 3.07. The number of anilines is 1. The fourth-order valence-electron chi connectivity index (χ4n) is 3.97. The van der Waals surface area contributed by atoms with Crippen molar-refractivity contribution in [2.45, 2.75) is 26.8 Å². The smallest absolute Gasteiger partial charge is 0.338 e. The zero-order valence-electron chi connectivity index (χ0n) is 19.5. The third-order valence-corrected chi connectivity index (χ3v) is 6.57. The van der Waals surface area contributed by atoms with Gasteiger partial charge in [-0.25, -0.2) is 9.79 Å². The molecule has 0 saturated carbocycles. The predicted octanol–water partition coefficient (Wildman–Crippen LogP) is 3.17. The highest BCUT2D eigenvalue weighted by molar-refractivity contribution is 7.07. The number of aryl methyl sites for hydroxylation is 1. The van der Waals surface area contributed by atoms with Crippen molar-refractivity contribution < 1.29 is 9.53 Å². The van der Waals surface area contributed by atoms with Gasteiger partial charge in [0.15, 0.2) is 4.80 Å². The van der Waals surface area contributed by atoms with Crippen molar-refractivity contribution in [3.8, 4) is 0 Å². The van der Waals surface area contributed by atoms with Crippen LogP contribution in [0.4, 0.5) is 5.69 Å². The summed E-state index contributed by atoms with van der Waals surface area (Å²) in [6, 6.07) is 15.3. The molecule has 4 rings (SSSR count). The summed E-state index contributed by atoms with van der Waals surface area (Å²) in [5.74, 6) is -0.451. The van der Waals surface area contributed by atoms with E-state index in [2.05, 4.69) is 4.99 Å². The van der Waals surface area contributed by atoms with Crippen molar-refractivity contribution in [1.29, 1.82) is 0 Å². The molecule has 0 fully saturated rings. The van der Waals surface area contributed by atoms with Gasteiger partial charge >= 0.3 is 5.97 Å². The van der Waals surface area contributed by atoms with Crippen molar-refractivity contribution in [2.24, 2.45) is 4.99 Å². The molecule has 7 heteroatoms. The molecular weight excluding hydrogens is 434 g/mol. The minimum Gasteiger partial charge on any atom is -0.463 e. The molecule has 3 aromatic rings. The summed E-state index contributed by atoms with van der Waals surface area (Å²) in [5.41, 5.74) is 4.73. The van der Waals surface area contributed by atoms with E-state index in [9.17, 15) is 9.59 Å².